The van der Waals surface area contributed by atoms with Crippen molar-refractivity contribution in [3.8, 4) is 0 Å². The number of rotatable bonds is 0. The van der Waals surface area contributed by atoms with E-state index in [0.717, 1.165) is 0 Å². The molecule has 0 saturated carbocycles. The van der Waals surface area contributed by atoms with E-state index >= 15 is 0 Å². The van der Waals surface area contributed by atoms with Gasteiger partial charge in [0.1, 0.15) is 0 Å². The van der Waals surface area contributed by atoms with E-state index < -0.39 is 0 Å². The molecule has 0 aromatic rings. The summed E-state index contributed by atoms with van der Waals surface area (Å²) < 4.78 is 0. The molecule has 1 aliphatic rings. The molecule has 0 aromatic heterocycles. The summed E-state index contributed by atoms with van der Waals surface area (Å²) in [6.07, 6.45) is 3.36. The molecule has 0 bridgehead atoms. The monoisotopic (exact) mass is 271 g/mol. The standard InChI is InChI=1S/C9H13.C2H8Si.Zr/c1-6-5-7(2)9(4)8(6)3;1-3-2;/h6H,1-4H3;3H2,1-2H3;/q-1;;. The third kappa shape index (κ3) is 5.12. The van der Waals surface area contributed by atoms with Gasteiger partial charge in [0.2, 0.25) is 0 Å². The molecule has 1 unspecified atom stereocenters. The van der Waals surface area contributed by atoms with Gasteiger partial charge in [0, 0.05) is 35.7 Å². The van der Waals surface area contributed by atoms with Crippen LogP contribution in [-0.4, -0.2) is 9.52 Å². The summed E-state index contributed by atoms with van der Waals surface area (Å²) in [5, 5.41) is 0. The van der Waals surface area contributed by atoms with Crippen LogP contribution in [0, 0.1) is 12.0 Å². The second-order valence-electron chi connectivity index (χ2n) is 3.51. The second-order valence-corrected chi connectivity index (χ2v) is 4.92. The molecule has 0 nitrogen and oxygen atoms in total. The Morgan fingerprint density at radius 3 is 1.62 bits per heavy atom. The van der Waals surface area contributed by atoms with E-state index in [2.05, 4.69) is 46.9 Å². The first kappa shape index (κ1) is 16.0. The molecule has 0 N–H and O–H groups in total. The SMILES string of the molecule is CC1=[C-]C(C)C(C)=C1C.C[SiH2]C.[Zr]. The van der Waals surface area contributed by atoms with Gasteiger partial charge in [-0.05, 0) is 0 Å². The zero-order valence-corrected chi connectivity index (χ0v) is 13.7. The van der Waals surface area contributed by atoms with Crippen LogP contribution in [0.1, 0.15) is 27.7 Å². The first-order chi connectivity index (χ1) is 5.54. The zero-order valence-electron chi connectivity index (χ0n) is 9.78. The summed E-state index contributed by atoms with van der Waals surface area (Å²) in [6.45, 7) is 13.2. The quantitative estimate of drug-likeness (QED) is 0.470. The molecule has 0 fully saturated rings. The fourth-order valence-electron chi connectivity index (χ4n) is 1.16. The van der Waals surface area contributed by atoms with Crippen molar-refractivity contribution < 1.29 is 26.2 Å². The molecule has 1 rings (SSSR count). The van der Waals surface area contributed by atoms with Crippen molar-refractivity contribution in [1.29, 1.82) is 0 Å². The Bertz CT molecular complexity index is 204. The molecule has 0 amide bonds. The molecule has 0 spiro atoms. The van der Waals surface area contributed by atoms with Gasteiger partial charge in [0.25, 0.3) is 0 Å². The van der Waals surface area contributed by atoms with Crippen molar-refractivity contribution in [2.75, 3.05) is 0 Å². The molecule has 1 aliphatic carbocycles. The van der Waals surface area contributed by atoms with Crippen molar-refractivity contribution >= 4 is 9.52 Å². The molecule has 0 heterocycles. The van der Waals surface area contributed by atoms with Crippen LogP contribution in [0.2, 0.25) is 13.1 Å². The van der Waals surface area contributed by atoms with Crippen LogP contribution in [0.25, 0.3) is 0 Å². The third-order valence-corrected chi connectivity index (χ3v) is 2.24. The number of hydrogen-bond acceptors (Lipinski definition) is 0. The van der Waals surface area contributed by atoms with Crippen molar-refractivity contribution in [2.24, 2.45) is 5.92 Å². The first-order valence-corrected chi connectivity index (χ1v) is 7.65. The van der Waals surface area contributed by atoms with Crippen LogP contribution >= 0.6 is 0 Å². The number of hydrogen-bond donors (Lipinski definition) is 0. The Morgan fingerprint density at radius 1 is 1.15 bits per heavy atom. The van der Waals surface area contributed by atoms with E-state index in [4.69, 9.17) is 0 Å². The smallest absolute Gasteiger partial charge is 0.0135 e. The van der Waals surface area contributed by atoms with Gasteiger partial charge in [-0.3, -0.25) is 6.08 Å². The Kier molecular flexibility index (Phi) is 9.78. The maximum absolute atomic E-state index is 3.36. The largest absolute Gasteiger partial charge is 0.266 e. The van der Waals surface area contributed by atoms with Gasteiger partial charge in [0.05, 0.1) is 0 Å². The van der Waals surface area contributed by atoms with Gasteiger partial charge >= 0.3 is 0 Å². The van der Waals surface area contributed by atoms with Crippen molar-refractivity contribution in [3.63, 3.8) is 0 Å². The van der Waals surface area contributed by atoms with Gasteiger partial charge in [-0.15, -0.1) is 6.92 Å². The molecular formula is C11H21SiZr-. The van der Waals surface area contributed by atoms with E-state index in [1.165, 1.54) is 16.7 Å². The van der Waals surface area contributed by atoms with Gasteiger partial charge < -0.3 is 0 Å². The second kappa shape index (κ2) is 7.94. The predicted molar refractivity (Wildman–Crippen MR) is 60.2 cm³/mol. The summed E-state index contributed by atoms with van der Waals surface area (Å²) in [5.74, 6) is 0.560. The van der Waals surface area contributed by atoms with Crippen LogP contribution in [0.3, 0.4) is 0 Å². The molecule has 0 radical (unpaired) electrons. The van der Waals surface area contributed by atoms with Crippen LogP contribution in [0.4, 0.5) is 0 Å². The van der Waals surface area contributed by atoms with E-state index in [1.54, 1.807) is 0 Å². The van der Waals surface area contributed by atoms with Gasteiger partial charge in [0.15, 0.2) is 0 Å². The fraction of sp³-hybridized carbons (Fsp3) is 0.636. The molecule has 1 atom stereocenters. The predicted octanol–water partition coefficient (Wildman–Crippen LogP) is 2.97. The van der Waals surface area contributed by atoms with E-state index in [9.17, 15) is 0 Å². The molecule has 13 heavy (non-hydrogen) atoms. The topological polar surface area (TPSA) is 0 Å². The van der Waals surface area contributed by atoms with Crippen molar-refractivity contribution in [1.82, 2.24) is 0 Å². The van der Waals surface area contributed by atoms with Crippen molar-refractivity contribution in [3.05, 3.63) is 22.8 Å². The minimum atomic E-state index is 0. The van der Waals surface area contributed by atoms with Gasteiger partial charge in [-0.2, -0.15) is 11.1 Å². The van der Waals surface area contributed by atoms with E-state index in [0.29, 0.717) is 15.4 Å². The summed E-state index contributed by atoms with van der Waals surface area (Å²) >= 11 is 0. The molecule has 2 heteroatoms. The summed E-state index contributed by atoms with van der Waals surface area (Å²) in [4.78, 5) is 0. The normalized spacial score (nSPS) is 20.2. The molecule has 0 aromatic carbocycles. The molecule has 74 valence electrons. The molecular weight excluding hydrogens is 251 g/mol. The minimum Gasteiger partial charge on any atom is -0.266 e. The summed E-state index contributed by atoms with van der Waals surface area (Å²) in [5.41, 5.74) is 4.25. The Morgan fingerprint density at radius 2 is 1.54 bits per heavy atom. The third-order valence-electron chi connectivity index (χ3n) is 2.24. The van der Waals surface area contributed by atoms with Gasteiger partial charge in [-0.1, -0.05) is 39.8 Å². The van der Waals surface area contributed by atoms with Crippen LogP contribution in [0.15, 0.2) is 16.7 Å². The Labute approximate surface area is 105 Å². The first-order valence-electron chi connectivity index (χ1n) is 4.82. The Balaban J connectivity index is 0. The zero-order chi connectivity index (χ0) is 9.72. The number of allylic oxidation sites excluding steroid dienone is 4. The van der Waals surface area contributed by atoms with Crippen molar-refractivity contribution in [2.45, 2.75) is 40.8 Å². The summed E-state index contributed by atoms with van der Waals surface area (Å²) in [7, 11) is 0.417. The summed E-state index contributed by atoms with van der Waals surface area (Å²) in [6, 6.07) is 0. The minimum absolute atomic E-state index is 0. The Hall–Kier alpha value is 0.580. The van der Waals surface area contributed by atoms with Crippen LogP contribution in [0.5, 0.6) is 0 Å². The van der Waals surface area contributed by atoms with Gasteiger partial charge in [-0.25, -0.2) is 5.57 Å². The maximum Gasteiger partial charge on any atom is 0.0135 e. The van der Waals surface area contributed by atoms with E-state index in [1.807, 2.05) is 0 Å². The van der Waals surface area contributed by atoms with E-state index in [-0.39, 0.29) is 26.2 Å². The fourth-order valence-corrected chi connectivity index (χ4v) is 1.16. The maximum atomic E-state index is 3.36. The molecule has 0 saturated heterocycles. The average molecular weight is 273 g/mol. The van der Waals surface area contributed by atoms with Crippen LogP contribution < -0.4 is 0 Å². The molecule has 0 aliphatic heterocycles. The van der Waals surface area contributed by atoms with Crippen LogP contribution in [-0.2, 0) is 26.2 Å². The average Bonchev–Trinajstić information content (AvgIpc) is 2.20.